The molecule has 6 rings (SSSR count). The zero-order valence-electron chi connectivity index (χ0n) is 26.8. The summed E-state index contributed by atoms with van der Waals surface area (Å²) in [5, 5.41) is 19.9. The van der Waals surface area contributed by atoms with E-state index >= 15 is 0 Å². The summed E-state index contributed by atoms with van der Waals surface area (Å²) in [7, 11) is 0. The second-order valence-electron chi connectivity index (χ2n) is 12.2. The van der Waals surface area contributed by atoms with Crippen molar-refractivity contribution in [1.82, 2.24) is 34.0 Å². The Balaban J connectivity index is 1.15. The molecule has 3 heterocycles. The Morgan fingerprint density at radius 3 is 2.10 bits per heavy atom. The zero-order chi connectivity index (χ0) is 36.7. The molecule has 0 spiro atoms. The Hall–Kier alpha value is -5.10. The predicted octanol–water partition coefficient (Wildman–Crippen LogP) is 5.09. The molecule has 0 bridgehead atoms. The average molecular weight is 723 g/mol. The van der Waals surface area contributed by atoms with Gasteiger partial charge in [-0.3, -0.25) is 4.90 Å². The molecular weight excluding hydrogens is 692 g/mol. The lowest BCUT2D eigenvalue weighted by Gasteiger charge is -2.45. The molecule has 18 heteroatoms. The van der Waals surface area contributed by atoms with Crippen molar-refractivity contribution in [2.75, 3.05) is 31.1 Å². The van der Waals surface area contributed by atoms with Gasteiger partial charge in [0.05, 0.1) is 29.9 Å². The van der Waals surface area contributed by atoms with Crippen molar-refractivity contribution >= 4 is 5.69 Å². The van der Waals surface area contributed by atoms with Crippen molar-refractivity contribution in [2.24, 2.45) is 0 Å². The first-order chi connectivity index (χ1) is 24.0. The highest BCUT2D eigenvalue weighted by Gasteiger charge is 2.43. The molecule has 1 aliphatic heterocycles. The molecule has 2 atom stereocenters. The van der Waals surface area contributed by atoms with Crippen molar-refractivity contribution in [3.8, 4) is 5.69 Å². The van der Waals surface area contributed by atoms with Crippen molar-refractivity contribution in [2.45, 2.75) is 44.0 Å². The van der Waals surface area contributed by atoms with Gasteiger partial charge in [-0.2, -0.15) is 36.5 Å². The van der Waals surface area contributed by atoms with Gasteiger partial charge in [0.25, 0.3) is 0 Å². The number of hydrogen-bond acceptors (Lipinski definition) is 7. The third-order valence-corrected chi connectivity index (χ3v) is 9.11. The van der Waals surface area contributed by atoms with Crippen LogP contribution in [0.25, 0.3) is 5.69 Å². The maximum absolute atomic E-state index is 15.0. The molecule has 1 saturated heterocycles. The fourth-order valence-corrected chi connectivity index (χ4v) is 6.28. The van der Waals surface area contributed by atoms with Crippen LogP contribution in [0.4, 0.5) is 40.8 Å². The maximum Gasteiger partial charge on any atom is 0.416 e. The lowest BCUT2D eigenvalue weighted by molar-refractivity contribution is -0.143. The first kappa shape index (κ1) is 35.7. The van der Waals surface area contributed by atoms with Crippen LogP contribution in [-0.2, 0) is 31.0 Å². The van der Waals surface area contributed by atoms with E-state index in [1.165, 1.54) is 23.4 Å². The summed E-state index contributed by atoms with van der Waals surface area (Å²) < 4.78 is 112. The van der Waals surface area contributed by atoms with Crippen LogP contribution in [0.1, 0.15) is 29.2 Å². The monoisotopic (exact) mass is 722 g/mol. The van der Waals surface area contributed by atoms with E-state index in [0.29, 0.717) is 44.0 Å². The summed E-state index contributed by atoms with van der Waals surface area (Å²) in [6.45, 7) is 2.83. The van der Waals surface area contributed by atoms with Gasteiger partial charge < -0.3 is 10.0 Å². The number of anilines is 1. The van der Waals surface area contributed by atoms with E-state index in [1.807, 2.05) is 4.90 Å². The lowest BCUT2D eigenvalue weighted by atomic mass is 9.85. The molecule has 1 N–H and O–H groups in total. The number of nitrogens with zero attached hydrogens (tertiary/aromatic N) is 8. The van der Waals surface area contributed by atoms with E-state index in [9.17, 15) is 45.0 Å². The standard InChI is InChI=1S/C33H30F8N8O2/c1-21(31(51,17-47-19-42-18-43-47)27-9-4-24(34)15-29(27)35)45-10-12-46(13-11-45)25-5-7-26(8-6-25)48-20-44-49(30(48)50)16-22-2-3-23(32(36,37)38)14-28(22)33(39,40)41/h2-9,14-15,18-21,51H,10-13,16-17H2,1H3/t21-,31-/m1/s1. The quantitative estimate of drug-likeness (QED) is 0.212. The third kappa shape index (κ3) is 7.37. The highest BCUT2D eigenvalue weighted by atomic mass is 19.4. The SMILES string of the molecule is C[C@@H](N1CCN(c2ccc(-n3cnn(Cc4ccc(C(F)(F)F)cc4C(F)(F)F)c3=O)cc2)CC1)[C@](O)(Cn1cncn1)c1ccc(F)cc1F. The topological polar surface area (TPSA) is 97.2 Å². The van der Waals surface area contributed by atoms with Crippen molar-refractivity contribution < 1.29 is 40.2 Å². The Labute approximate surface area is 284 Å². The minimum atomic E-state index is -5.10. The van der Waals surface area contributed by atoms with Crippen LogP contribution in [0.5, 0.6) is 0 Å². The second kappa shape index (κ2) is 13.6. The van der Waals surface area contributed by atoms with Crippen LogP contribution >= 0.6 is 0 Å². The first-order valence-electron chi connectivity index (χ1n) is 15.6. The highest BCUT2D eigenvalue weighted by Crippen LogP contribution is 2.38. The fraction of sp³-hybridized carbons (Fsp3) is 0.333. The van der Waals surface area contributed by atoms with E-state index in [-0.39, 0.29) is 18.2 Å². The molecule has 5 aromatic rings. The number of hydrogen-bond donors (Lipinski definition) is 1. The van der Waals surface area contributed by atoms with Gasteiger partial charge in [-0.15, -0.1) is 0 Å². The number of halogens is 8. The molecule has 0 unspecified atom stereocenters. The Morgan fingerprint density at radius 2 is 1.49 bits per heavy atom. The zero-order valence-corrected chi connectivity index (χ0v) is 26.8. The third-order valence-electron chi connectivity index (χ3n) is 9.11. The Bertz CT molecular complexity index is 2040. The maximum atomic E-state index is 15.0. The summed E-state index contributed by atoms with van der Waals surface area (Å²) in [6, 6.07) is 10.3. The van der Waals surface area contributed by atoms with E-state index < -0.39 is 64.6 Å². The summed E-state index contributed by atoms with van der Waals surface area (Å²) in [4.78, 5) is 21.0. The molecule has 0 saturated carbocycles. The molecule has 1 aliphatic rings. The molecule has 1 fully saturated rings. The van der Waals surface area contributed by atoms with Gasteiger partial charge in [0.1, 0.15) is 36.2 Å². The first-order valence-corrected chi connectivity index (χ1v) is 15.6. The van der Waals surface area contributed by atoms with Gasteiger partial charge in [-0.05, 0) is 55.0 Å². The minimum absolute atomic E-state index is 0.0150. The van der Waals surface area contributed by atoms with Crippen LogP contribution < -0.4 is 10.6 Å². The number of piperazine rings is 1. The van der Waals surface area contributed by atoms with E-state index in [0.717, 1.165) is 33.4 Å². The molecule has 0 amide bonds. The molecule has 0 radical (unpaired) electrons. The van der Waals surface area contributed by atoms with Crippen LogP contribution in [0.2, 0.25) is 0 Å². The van der Waals surface area contributed by atoms with Crippen LogP contribution in [0.3, 0.4) is 0 Å². The summed E-state index contributed by atoms with van der Waals surface area (Å²) in [5.41, 5.74) is -5.06. The predicted molar refractivity (Wildman–Crippen MR) is 167 cm³/mol. The molecule has 10 nitrogen and oxygen atoms in total. The van der Waals surface area contributed by atoms with Gasteiger partial charge in [-0.1, -0.05) is 12.1 Å². The van der Waals surface area contributed by atoms with Crippen molar-refractivity contribution in [1.29, 1.82) is 0 Å². The smallest absolute Gasteiger partial charge is 0.381 e. The number of aliphatic hydroxyl groups is 1. The van der Waals surface area contributed by atoms with Gasteiger partial charge in [0.2, 0.25) is 0 Å². The largest absolute Gasteiger partial charge is 0.416 e. The number of rotatable bonds is 9. The summed E-state index contributed by atoms with van der Waals surface area (Å²) in [6.07, 6.45) is -6.29. The molecule has 270 valence electrons. The van der Waals surface area contributed by atoms with E-state index in [4.69, 9.17) is 0 Å². The number of aromatic nitrogens is 6. The number of alkyl halides is 6. The Morgan fingerprint density at radius 1 is 0.804 bits per heavy atom. The van der Waals surface area contributed by atoms with Gasteiger partial charge in [-0.25, -0.2) is 32.5 Å². The van der Waals surface area contributed by atoms with Crippen molar-refractivity contribution in [3.63, 3.8) is 0 Å². The molecule has 0 aliphatic carbocycles. The minimum Gasteiger partial charge on any atom is -0.381 e. The fourth-order valence-electron chi connectivity index (χ4n) is 6.28. The van der Waals surface area contributed by atoms with Gasteiger partial charge in [0, 0.05) is 49.5 Å². The normalized spacial score (nSPS) is 16.3. The van der Waals surface area contributed by atoms with Crippen molar-refractivity contribution in [3.05, 3.63) is 124 Å². The Kier molecular flexibility index (Phi) is 9.49. The summed E-state index contributed by atoms with van der Waals surface area (Å²) >= 11 is 0. The van der Waals surface area contributed by atoms with Crippen LogP contribution in [0.15, 0.2) is 84.4 Å². The second-order valence-corrected chi connectivity index (χ2v) is 12.2. The van der Waals surface area contributed by atoms with E-state index in [2.05, 4.69) is 20.1 Å². The van der Waals surface area contributed by atoms with Crippen LogP contribution in [0, 0.1) is 11.6 Å². The molecule has 51 heavy (non-hydrogen) atoms. The molecule has 2 aromatic heterocycles. The molecular formula is C33H30F8N8O2. The highest BCUT2D eigenvalue weighted by molar-refractivity contribution is 5.51. The van der Waals surface area contributed by atoms with E-state index in [1.54, 1.807) is 31.2 Å². The van der Waals surface area contributed by atoms with Crippen LogP contribution in [-0.4, -0.2) is 71.3 Å². The van der Waals surface area contributed by atoms with Gasteiger partial charge in [0.15, 0.2) is 0 Å². The van der Waals surface area contributed by atoms with Gasteiger partial charge >= 0.3 is 18.0 Å². The molecule has 3 aromatic carbocycles. The number of benzene rings is 3. The average Bonchev–Trinajstić information content (AvgIpc) is 3.73. The lowest BCUT2D eigenvalue weighted by Crippen LogP contribution is -2.57. The summed E-state index contributed by atoms with van der Waals surface area (Å²) in [5.74, 6) is -1.67.